The molecule has 0 aromatic heterocycles. The molecule has 202 valence electrons. The van der Waals surface area contributed by atoms with Crippen LogP contribution in [0.1, 0.15) is 81.2 Å². The third-order valence-corrected chi connectivity index (χ3v) is 7.28. The van der Waals surface area contributed by atoms with Crippen LogP contribution in [0, 0.1) is 12.8 Å². The molecule has 2 atom stereocenters. The van der Waals surface area contributed by atoms with E-state index < -0.39 is 29.2 Å². The van der Waals surface area contributed by atoms with Gasteiger partial charge in [-0.05, 0) is 82.2 Å². The molecule has 1 amide bonds. The summed E-state index contributed by atoms with van der Waals surface area (Å²) in [6.45, 7) is 7.29. The Kier molecular flexibility index (Phi) is 9.35. The SMILES string of the molecule is CCOc1cc(CC(CCCCc2ccccc2)C(=O)NC2(C(=O)O)CC(C)(F)C2)c(C)cc1C(C)O. The maximum atomic E-state index is 14.3. The number of hydrogen-bond donors (Lipinski definition) is 3. The van der Waals surface area contributed by atoms with E-state index in [9.17, 15) is 24.2 Å². The lowest BCUT2D eigenvalue weighted by Gasteiger charge is -2.47. The molecular weight excluding hydrogens is 473 g/mol. The minimum Gasteiger partial charge on any atom is -0.493 e. The molecule has 2 aromatic carbocycles. The number of halogens is 1. The van der Waals surface area contributed by atoms with E-state index in [0.717, 1.165) is 30.4 Å². The first kappa shape index (κ1) is 28.6. The number of carboxylic acids is 1. The van der Waals surface area contributed by atoms with E-state index in [-0.39, 0.29) is 18.7 Å². The van der Waals surface area contributed by atoms with Gasteiger partial charge in [0.2, 0.25) is 5.91 Å². The highest BCUT2D eigenvalue weighted by atomic mass is 19.1. The van der Waals surface area contributed by atoms with Gasteiger partial charge in [0.15, 0.2) is 0 Å². The topological polar surface area (TPSA) is 95.9 Å². The second-order valence-electron chi connectivity index (χ2n) is 10.7. The smallest absolute Gasteiger partial charge is 0.329 e. The van der Waals surface area contributed by atoms with Crippen molar-refractivity contribution in [2.24, 2.45) is 5.92 Å². The van der Waals surface area contributed by atoms with E-state index >= 15 is 0 Å². The highest BCUT2D eigenvalue weighted by Gasteiger charge is 2.59. The molecule has 1 aliphatic rings. The monoisotopic (exact) mass is 513 g/mol. The number of hydrogen-bond acceptors (Lipinski definition) is 4. The van der Waals surface area contributed by atoms with Crippen molar-refractivity contribution in [2.75, 3.05) is 6.61 Å². The Balaban J connectivity index is 1.79. The molecule has 0 radical (unpaired) electrons. The predicted molar refractivity (Wildman–Crippen MR) is 141 cm³/mol. The Hall–Kier alpha value is -2.93. The summed E-state index contributed by atoms with van der Waals surface area (Å²) >= 11 is 0. The molecule has 7 heteroatoms. The number of carbonyl (C=O) groups excluding carboxylic acids is 1. The Morgan fingerprint density at radius 1 is 1.16 bits per heavy atom. The van der Waals surface area contributed by atoms with Crippen LogP contribution in [0.15, 0.2) is 42.5 Å². The molecule has 1 saturated carbocycles. The fourth-order valence-corrected chi connectivity index (χ4v) is 5.37. The van der Waals surface area contributed by atoms with Crippen molar-refractivity contribution in [2.45, 2.75) is 90.0 Å². The van der Waals surface area contributed by atoms with Gasteiger partial charge in [0.1, 0.15) is 17.0 Å². The number of aryl methyl sites for hydroxylation is 2. The fraction of sp³-hybridized carbons (Fsp3) is 0.533. The third kappa shape index (κ3) is 7.31. The summed E-state index contributed by atoms with van der Waals surface area (Å²) in [5.74, 6) is -1.47. The lowest BCUT2D eigenvalue weighted by molar-refractivity contribution is -0.161. The van der Waals surface area contributed by atoms with Crippen LogP contribution in [0.4, 0.5) is 4.39 Å². The van der Waals surface area contributed by atoms with Gasteiger partial charge in [0.25, 0.3) is 0 Å². The second-order valence-corrected chi connectivity index (χ2v) is 10.7. The zero-order valence-corrected chi connectivity index (χ0v) is 22.4. The highest BCUT2D eigenvalue weighted by Crippen LogP contribution is 2.44. The van der Waals surface area contributed by atoms with Gasteiger partial charge >= 0.3 is 5.97 Å². The normalized spacial score (nSPS) is 22.5. The zero-order chi connectivity index (χ0) is 27.2. The molecule has 3 N–H and O–H groups in total. The van der Waals surface area contributed by atoms with Crippen LogP contribution in [0.5, 0.6) is 5.75 Å². The van der Waals surface area contributed by atoms with Gasteiger partial charge < -0.3 is 20.3 Å². The molecule has 0 bridgehead atoms. The van der Waals surface area contributed by atoms with Crippen molar-refractivity contribution in [3.63, 3.8) is 0 Å². The van der Waals surface area contributed by atoms with Crippen molar-refractivity contribution in [1.82, 2.24) is 5.32 Å². The Bertz CT molecular complexity index is 1070. The van der Waals surface area contributed by atoms with Gasteiger partial charge in [0.05, 0.1) is 12.7 Å². The summed E-state index contributed by atoms with van der Waals surface area (Å²) in [5, 5.41) is 22.7. The lowest BCUT2D eigenvalue weighted by atomic mass is 9.66. The number of aliphatic carboxylic acids is 1. The average Bonchev–Trinajstić information content (AvgIpc) is 2.81. The summed E-state index contributed by atoms with van der Waals surface area (Å²) in [5.41, 5.74) is 0.587. The molecule has 0 aliphatic heterocycles. The van der Waals surface area contributed by atoms with Crippen LogP contribution in [0.3, 0.4) is 0 Å². The Morgan fingerprint density at radius 3 is 2.41 bits per heavy atom. The highest BCUT2D eigenvalue weighted by molar-refractivity contribution is 5.89. The van der Waals surface area contributed by atoms with Crippen LogP contribution in [0.2, 0.25) is 0 Å². The van der Waals surface area contributed by atoms with Gasteiger partial charge in [-0.1, -0.05) is 36.8 Å². The number of nitrogens with one attached hydrogen (secondary N) is 1. The number of carbonyl (C=O) groups is 2. The number of unbranched alkanes of at least 4 members (excludes halogenated alkanes) is 1. The number of aliphatic hydroxyl groups excluding tert-OH is 1. The van der Waals surface area contributed by atoms with Gasteiger partial charge in [-0.2, -0.15) is 0 Å². The quantitative estimate of drug-likeness (QED) is 0.308. The lowest BCUT2D eigenvalue weighted by Crippen LogP contribution is -2.67. The van der Waals surface area contributed by atoms with Crippen molar-refractivity contribution in [1.29, 1.82) is 0 Å². The standard InChI is InChI=1S/C30H40FNO5/c1-5-37-26-17-24(20(2)15-25(26)21(3)33)16-23(14-10-9-13-22-11-7-6-8-12-22)27(34)32-30(28(35)36)18-29(4,31)19-30/h6-8,11-12,15,17,21,23,33H,5,9-10,13-14,16,18-19H2,1-4H3,(H,32,34)(H,35,36). The van der Waals surface area contributed by atoms with Crippen molar-refractivity contribution < 1.29 is 28.9 Å². The van der Waals surface area contributed by atoms with E-state index in [4.69, 9.17) is 4.74 Å². The van der Waals surface area contributed by atoms with Crippen LogP contribution >= 0.6 is 0 Å². The summed E-state index contributed by atoms with van der Waals surface area (Å²) in [7, 11) is 0. The maximum absolute atomic E-state index is 14.3. The number of aliphatic hydroxyl groups is 1. The van der Waals surface area contributed by atoms with E-state index in [2.05, 4.69) is 17.4 Å². The molecule has 0 spiro atoms. The number of alkyl halides is 1. The minimum atomic E-state index is -1.60. The molecule has 0 saturated heterocycles. The van der Waals surface area contributed by atoms with Gasteiger partial charge in [0, 0.05) is 24.3 Å². The molecule has 6 nitrogen and oxygen atoms in total. The van der Waals surface area contributed by atoms with E-state index in [1.54, 1.807) is 6.92 Å². The summed E-state index contributed by atoms with van der Waals surface area (Å²) < 4.78 is 20.1. The first-order valence-electron chi connectivity index (χ1n) is 13.2. The number of benzene rings is 2. The molecule has 2 unspecified atom stereocenters. The summed E-state index contributed by atoms with van der Waals surface area (Å²) in [6, 6.07) is 13.9. The van der Waals surface area contributed by atoms with Gasteiger partial charge in [-0.15, -0.1) is 0 Å². The zero-order valence-electron chi connectivity index (χ0n) is 22.4. The first-order valence-corrected chi connectivity index (χ1v) is 13.2. The minimum absolute atomic E-state index is 0.238. The molecule has 1 fully saturated rings. The number of amides is 1. The third-order valence-electron chi connectivity index (χ3n) is 7.28. The maximum Gasteiger partial charge on any atom is 0.329 e. The Labute approximate surface area is 219 Å². The average molecular weight is 514 g/mol. The van der Waals surface area contributed by atoms with Crippen LogP contribution in [-0.4, -0.2) is 39.9 Å². The molecule has 2 aromatic rings. The van der Waals surface area contributed by atoms with Crippen molar-refractivity contribution in [3.05, 3.63) is 64.7 Å². The molecule has 0 heterocycles. The van der Waals surface area contributed by atoms with Crippen molar-refractivity contribution in [3.8, 4) is 5.75 Å². The van der Waals surface area contributed by atoms with Gasteiger partial charge in [-0.25, -0.2) is 9.18 Å². The molecule has 37 heavy (non-hydrogen) atoms. The van der Waals surface area contributed by atoms with E-state index in [1.165, 1.54) is 12.5 Å². The number of rotatable bonds is 13. The second kappa shape index (κ2) is 12.1. The van der Waals surface area contributed by atoms with Gasteiger partial charge in [-0.3, -0.25) is 4.79 Å². The largest absolute Gasteiger partial charge is 0.493 e. The van der Waals surface area contributed by atoms with E-state index in [0.29, 0.717) is 30.8 Å². The molecule has 3 rings (SSSR count). The molecular formula is C30H40FNO5. The Morgan fingerprint density at radius 2 is 1.84 bits per heavy atom. The molecule has 1 aliphatic carbocycles. The van der Waals surface area contributed by atoms with Crippen LogP contribution in [-0.2, 0) is 22.4 Å². The predicted octanol–water partition coefficient (Wildman–Crippen LogP) is 5.48. The van der Waals surface area contributed by atoms with Crippen LogP contribution in [0.25, 0.3) is 0 Å². The summed E-state index contributed by atoms with van der Waals surface area (Å²) in [6.07, 6.45) is 2.37. The summed E-state index contributed by atoms with van der Waals surface area (Å²) in [4.78, 5) is 25.4. The van der Waals surface area contributed by atoms with E-state index in [1.807, 2.05) is 44.2 Å². The first-order chi connectivity index (χ1) is 17.5. The fourth-order valence-electron chi connectivity index (χ4n) is 5.37. The number of ether oxygens (including phenoxy) is 1. The van der Waals surface area contributed by atoms with Crippen molar-refractivity contribution >= 4 is 11.9 Å². The number of carboxylic acid groups (broad SMARTS) is 1. The van der Waals surface area contributed by atoms with Crippen LogP contribution < -0.4 is 10.1 Å².